The molecule has 0 spiro atoms. The summed E-state index contributed by atoms with van der Waals surface area (Å²) in [5.41, 5.74) is 1.12. The van der Waals surface area contributed by atoms with Crippen LogP contribution in [0.3, 0.4) is 0 Å². The number of carbonyl (C=O) groups is 2. The number of halogens is 1. The Balaban J connectivity index is 2.67. The minimum Gasteiger partial charge on any atom is -0.359 e. The van der Waals surface area contributed by atoms with Crippen LogP contribution in [-0.2, 0) is 4.79 Å². The zero-order chi connectivity index (χ0) is 15.3. The van der Waals surface area contributed by atoms with E-state index in [0.717, 1.165) is 5.56 Å². The van der Waals surface area contributed by atoms with Crippen LogP contribution in [0.5, 0.6) is 0 Å². The molecule has 1 aromatic carbocycles. The number of rotatable bonds is 4. The van der Waals surface area contributed by atoms with Gasteiger partial charge in [-0.2, -0.15) is 0 Å². The van der Waals surface area contributed by atoms with Gasteiger partial charge in [0, 0.05) is 32.2 Å². The molecule has 5 nitrogen and oxygen atoms in total. The van der Waals surface area contributed by atoms with Gasteiger partial charge in [0.1, 0.15) is 5.82 Å². The molecule has 1 unspecified atom stereocenters. The Morgan fingerprint density at radius 1 is 1.35 bits per heavy atom. The molecule has 0 aliphatic heterocycles. The van der Waals surface area contributed by atoms with Gasteiger partial charge in [0.05, 0.1) is 0 Å². The summed E-state index contributed by atoms with van der Waals surface area (Å²) in [6.07, 6.45) is 0.211. The summed E-state index contributed by atoms with van der Waals surface area (Å²) in [6, 6.07) is 3.67. The van der Waals surface area contributed by atoms with Crippen LogP contribution >= 0.6 is 0 Å². The molecule has 0 fully saturated rings. The highest BCUT2D eigenvalue weighted by atomic mass is 19.1. The number of aryl methyl sites for hydroxylation is 1. The first kappa shape index (κ1) is 15.9. The van der Waals surface area contributed by atoms with E-state index in [0.29, 0.717) is 5.69 Å². The van der Waals surface area contributed by atoms with E-state index in [-0.39, 0.29) is 24.4 Å². The van der Waals surface area contributed by atoms with Gasteiger partial charge in [0.15, 0.2) is 0 Å². The fourth-order valence-electron chi connectivity index (χ4n) is 1.73. The monoisotopic (exact) mass is 281 g/mol. The predicted octanol–water partition coefficient (Wildman–Crippen LogP) is 2.12. The molecule has 2 N–H and O–H groups in total. The molecular weight excluding hydrogens is 261 g/mol. The lowest BCUT2D eigenvalue weighted by Gasteiger charge is -2.24. The van der Waals surface area contributed by atoms with Crippen LogP contribution in [0.15, 0.2) is 18.2 Å². The molecule has 1 rings (SSSR count). The maximum atomic E-state index is 13.2. The Labute approximate surface area is 118 Å². The summed E-state index contributed by atoms with van der Waals surface area (Å²) in [5, 5.41) is 5.12. The van der Waals surface area contributed by atoms with Crippen molar-refractivity contribution in [1.82, 2.24) is 10.2 Å². The molecule has 0 saturated heterocycles. The van der Waals surface area contributed by atoms with Crippen LogP contribution in [0.2, 0.25) is 0 Å². The minimum atomic E-state index is -0.402. The van der Waals surface area contributed by atoms with Crippen molar-refractivity contribution in [3.8, 4) is 0 Å². The number of anilines is 1. The molecule has 0 heterocycles. The van der Waals surface area contributed by atoms with Crippen LogP contribution in [0, 0.1) is 12.7 Å². The third-order valence-electron chi connectivity index (χ3n) is 3.03. The Kier molecular flexibility index (Phi) is 5.49. The number of carbonyl (C=O) groups excluding carboxylic acids is 2. The van der Waals surface area contributed by atoms with E-state index >= 15 is 0 Å². The average Bonchev–Trinajstić information content (AvgIpc) is 2.36. The van der Waals surface area contributed by atoms with Crippen molar-refractivity contribution in [3.05, 3.63) is 29.6 Å². The van der Waals surface area contributed by atoms with E-state index in [9.17, 15) is 14.0 Å². The zero-order valence-electron chi connectivity index (χ0n) is 12.2. The molecule has 0 aromatic heterocycles. The van der Waals surface area contributed by atoms with Gasteiger partial charge in [-0.3, -0.25) is 4.79 Å². The Morgan fingerprint density at radius 2 is 2.00 bits per heavy atom. The Bertz CT molecular complexity index is 485. The van der Waals surface area contributed by atoms with Crippen molar-refractivity contribution < 1.29 is 14.0 Å². The summed E-state index contributed by atoms with van der Waals surface area (Å²) >= 11 is 0. The lowest BCUT2D eigenvalue weighted by Crippen LogP contribution is -2.40. The second kappa shape index (κ2) is 6.88. The van der Waals surface area contributed by atoms with Crippen molar-refractivity contribution in [3.63, 3.8) is 0 Å². The van der Waals surface area contributed by atoms with Crippen LogP contribution in [0.25, 0.3) is 0 Å². The van der Waals surface area contributed by atoms with Crippen molar-refractivity contribution >= 4 is 17.6 Å². The second-order valence-corrected chi connectivity index (χ2v) is 4.78. The SMILES string of the molecule is CNC(=O)CC(C)N(C)C(=O)Nc1cc(C)cc(F)c1. The first-order valence-electron chi connectivity index (χ1n) is 6.35. The summed E-state index contributed by atoms with van der Waals surface area (Å²) in [5.74, 6) is -0.542. The summed E-state index contributed by atoms with van der Waals surface area (Å²) in [6.45, 7) is 3.52. The van der Waals surface area contributed by atoms with Gasteiger partial charge >= 0.3 is 6.03 Å². The van der Waals surface area contributed by atoms with Gasteiger partial charge in [-0.25, -0.2) is 9.18 Å². The first-order valence-corrected chi connectivity index (χ1v) is 6.35. The van der Waals surface area contributed by atoms with Gasteiger partial charge in [-0.05, 0) is 37.6 Å². The van der Waals surface area contributed by atoms with Gasteiger partial charge in [-0.15, -0.1) is 0 Å². The van der Waals surface area contributed by atoms with E-state index in [4.69, 9.17) is 0 Å². The second-order valence-electron chi connectivity index (χ2n) is 4.78. The lowest BCUT2D eigenvalue weighted by molar-refractivity contribution is -0.121. The van der Waals surface area contributed by atoms with Crippen LogP contribution in [-0.4, -0.2) is 37.0 Å². The number of nitrogens with one attached hydrogen (secondary N) is 2. The number of hydrogen-bond donors (Lipinski definition) is 2. The molecule has 0 bridgehead atoms. The minimum absolute atomic E-state index is 0.140. The predicted molar refractivity (Wildman–Crippen MR) is 76.1 cm³/mol. The van der Waals surface area contributed by atoms with Gasteiger partial charge in [-0.1, -0.05) is 0 Å². The lowest BCUT2D eigenvalue weighted by atomic mass is 10.2. The molecule has 1 atom stereocenters. The summed E-state index contributed by atoms with van der Waals surface area (Å²) in [4.78, 5) is 24.7. The highest BCUT2D eigenvalue weighted by Gasteiger charge is 2.18. The van der Waals surface area contributed by atoms with Crippen molar-refractivity contribution in [2.75, 3.05) is 19.4 Å². The standard InChI is InChI=1S/C14H20FN3O2/c1-9-5-11(15)8-12(6-9)17-14(20)18(4)10(2)7-13(19)16-3/h5-6,8,10H,7H2,1-4H3,(H,16,19)(H,17,20). The smallest absolute Gasteiger partial charge is 0.321 e. The zero-order valence-corrected chi connectivity index (χ0v) is 12.2. The number of amides is 3. The summed E-state index contributed by atoms with van der Waals surface area (Å²) in [7, 11) is 3.14. The molecule has 0 saturated carbocycles. The molecule has 110 valence electrons. The van der Waals surface area contributed by atoms with E-state index in [1.165, 1.54) is 17.0 Å². The average molecular weight is 281 g/mol. The largest absolute Gasteiger partial charge is 0.359 e. The number of hydrogen-bond acceptors (Lipinski definition) is 2. The summed E-state index contributed by atoms with van der Waals surface area (Å²) < 4.78 is 13.2. The third-order valence-corrected chi connectivity index (χ3v) is 3.03. The van der Waals surface area contributed by atoms with Crippen LogP contribution < -0.4 is 10.6 Å². The van der Waals surface area contributed by atoms with E-state index in [2.05, 4.69) is 10.6 Å². The van der Waals surface area contributed by atoms with Crippen molar-refractivity contribution in [2.24, 2.45) is 0 Å². The fourth-order valence-corrected chi connectivity index (χ4v) is 1.73. The third kappa shape index (κ3) is 4.53. The van der Waals surface area contributed by atoms with Crippen molar-refractivity contribution in [2.45, 2.75) is 26.3 Å². The molecule has 0 radical (unpaired) electrons. The van der Waals surface area contributed by atoms with Crippen LogP contribution in [0.4, 0.5) is 14.9 Å². The molecule has 20 heavy (non-hydrogen) atoms. The maximum absolute atomic E-state index is 13.2. The number of urea groups is 1. The van der Waals surface area contributed by atoms with E-state index in [1.807, 2.05) is 0 Å². The molecular formula is C14H20FN3O2. The number of benzene rings is 1. The van der Waals surface area contributed by atoms with E-state index in [1.54, 1.807) is 34.0 Å². The molecule has 3 amide bonds. The first-order chi connectivity index (χ1) is 9.33. The van der Waals surface area contributed by atoms with Gasteiger partial charge < -0.3 is 15.5 Å². The van der Waals surface area contributed by atoms with Crippen molar-refractivity contribution in [1.29, 1.82) is 0 Å². The highest BCUT2D eigenvalue weighted by molar-refractivity contribution is 5.89. The normalized spacial score (nSPS) is 11.7. The molecule has 0 aliphatic rings. The highest BCUT2D eigenvalue weighted by Crippen LogP contribution is 2.14. The maximum Gasteiger partial charge on any atom is 0.321 e. The fraction of sp³-hybridized carbons (Fsp3) is 0.429. The topological polar surface area (TPSA) is 61.4 Å². The quantitative estimate of drug-likeness (QED) is 0.888. The number of nitrogens with zero attached hydrogens (tertiary/aromatic N) is 1. The molecule has 6 heteroatoms. The van der Waals surface area contributed by atoms with Gasteiger partial charge in [0.2, 0.25) is 5.91 Å². The molecule has 1 aromatic rings. The Morgan fingerprint density at radius 3 is 2.55 bits per heavy atom. The Hall–Kier alpha value is -2.11. The van der Waals surface area contributed by atoms with Gasteiger partial charge in [0.25, 0.3) is 0 Å². The van der Waals surface area contributed by atoms with E-state index < -0.39 is 5.82 Å². The molecule has 0 aliphatic carbocycles. The van der Waals surface area contributed by atoms with Crippen LogP contribution in [0.1, 0.15) is 18.9 Å².